The molecule has 4 heterocycles. The Morgan fingerprint density at radius 1 is 0.571 bits per heavy atom. The lowest BCUT2D eigenvalue weighted by Gasteiger charge is -2.24. The Kier molecular flexibility index (Phi) is 14.5. The third kappa shape index (κ3) is 9.98. The van der Waals surface area contributed by atoms with Crippen LogP contribution in [-0.4, -0.2) is 45.8 Å². The zero-order chi connectivity index (χ0) is 52.8. The van der Waals surface area contributed by atoms with Gasteiger partial charge in [0.05, 0.1) is 41.0 Å². The maximum Gasteiger partial charge on any atom is 0.328 e. The number of para-hydroxylation sites is 1. The second kappa shape index (κ2) is 22.4. The Balaban J connectivity index is 1.50. The first-order valence-electron chi connectivity index (χ1n) is 26.1. The number of fused-ring (bicyclic) bond motifs is 2. The van der Waals surface area contributed by atoms with Gasteiger partial charge in [0.25, 0.3) is 0 Å². The summed E-state index contributed by atoms with van der Waals surface area (Å²) in [6.07, 6.45) is 1.75. The molecule has 0 bridgehead atoms. The van der Waals surface area contributed by atoms with Gasteiger partial charge in [0.15, 0.2) is 0 Å². The Labute approximate surface area is 454 Å². The largest absolute Gasteiger partial charge is 0.493 e. The summed E-state index contributed by atoms with van der Waals surface area (Å²) in [6, 6.07) is 75.1. The Hall–Kier alpha value is -9.15. The van der Waals surface area contributed by atoms with E-state index in [1.165, 1.54) is 11.3 Å². The quantitative estimate of drug-likeness (QED) is 0.0711. The highest BCUT2D eigenvalue weighted by atomic mass is 32.1. The molecule has 8 nitrogen and oxygen atoms in total. The molecule has 0 N–H and O–H groups in total. The van der Waals surface area contributed by atoms with Crippen molar-refractivity contribution in [3.63, 3.8) is 0 Å². The molecule has 0 fully saturated rings. The monoisotopic (exact) mass is 1020 g/mol. The molecule has 11 heteroatoms. The molecule has 11 aromatic rings. The van der Waals surface area contributed by atoms with E-state index in [-0.39, 0.29) is 11.8 Å². The number of pyridine rings is 1. The third-order valence-corrected chi connectivity index (χ3v) is 14.7. The van der Waals surface area contributed by atoms with Gasteiger partial charge >= 0.3 is 13.7 Å². The smallest absolute Gasteiger partial charge is 0.328 e. The van der Waals surface area contributed by atoms with Gasteiger partial charge in [0, 0.05) is 44.8 Å². The van der Waals surface area contributed by atoms with Crippen molar-refractivity contribution in [3.05, 3.63) is 251 Å². The first kappa shape index (κ1) is 50.0. The van der Waals surface area contributed by atoms with E-state index < -0.39 is 13.7 Å². The van der Waals surface area contributed by atoms with Crippen molar-refractivity contribution < 1.29 is 9.47 Å². The topological polar surface area (TPSA) is 82.2 Å². The van der Waals surface area contributed by atoms with Crippen LogP contribution in [0.5, 0.6) is 11.5 Å². The van der Waals surface area contributed by atoms with Crippen LogP contribution < -0.4 is 42.0 Å². The van der Waals surface area contributed by atoms with Gasteiger partial charge in [-0.2, -0.15) is 5.26 Å². The molecule has 0 aliphatic rings. The minimum Gasteiger partial charge on any atom is -0.493 e. The molecule has 0 unspecified atom stereocenters. The molecule has 0 aliphatic carbocycles. The van der Waals surface area contributed by atoms with E-state index in [1.54, 1.807) is 6.20 Å². The maximum absolute atomic E-state index is 12.3. The van der Waals surface area contributed by atoms with Crippen LogP contribution in [0.25, 0.3) is 59.6 Å². The predicted molar refractivity (Wildman–Crippen MR) is 318 cm³/mol. The minimum absolute atomic E-state index is 0.272. The first-order valence-corrected chi connectivity index (χ1v) is 26.9. The number of nitrogens with zero attached hydrogens (tertiary/aromatic N) is 6. The average molecular weight is 1020 g/mol. The predicted octanol–water partition coefficient (Wildman–Crippen LogP) is 11.0. The summed E-state index contributed by atoms with van der Waals surface area (Å²) in [6.45, 7) is 18.0. The van der Waals surface area contributed by atoms with Gasteiger partial charge in [-0.1, -0.05) is 213 Å². The molecule has 0 radical (unpaired) electrons. The van der Waals surface area contributed by atoms with Gasteiger partial charge in [-0.15, -0.1) is 11.3 Å². The van der Waals surface area contributed by atoms with E-state index in [0.29, 0.717) is 57.4 Å². The standard InChI is InChI=1S/C66H54B2N6O2S/c1-45(2)43-75-53-34-22-24-47(40-53)62-59-60(65(61(70-5)57-37-20-21-39-71-57)74(62)68(51-30-14-8-15-31-51)52-32-16-9-17-33-52)63(48-25-23-35-54(41-48)76-44-46(3)4)73(67(49-26-10-6-11-27-49)50-28-12-7-13-29-50)64(59)55(42-69)66-72-56-36-18-19-38-58(56)77-66/h6-41,45-46H,43-44H2,1-4H3/b64-55-,65-61+. The average Bonchev–Trinajstić information content (AvgIpc) is 4.36. The number of benzene rings is 7. The van der Waals surface area contributed by atoms with Crippen molar-refractivity contribution in [2.45, 2.75) is 27.7 Å². The minimum atomic E-state index is -0.520. The lowest BCUT2D eigenvalue weighted by molar-refractivity contribution is 0.271. The molecule has 0 saturated heterocycles. The van der Waals surface area contributed by atoms with E-state index in [4.69, 9.17) is 19.4 Å². The highest BCUT2D eigenvalue weighted by Crippen LogP contribution is 2.39. The lowest BCUT2D eigenvalue weighted by Crippen LogP contribution is -2.54. The lowest BCUT2D eigenvalue weighted by atomic mass is 9.50. The molecule has 372 valence electrons. The molecule has 11 rings (SSSR count). The second-order valence-corrected chi connectivity index (χ2v) is 21.0. The van der Waals surface area contributed by atoms with Crippen LogP contribution >= 0.6 is 11.3 Å². The van der Waals surface area contributed by atoms with Crippen molar-refractivity contribution in [1.82, 2.24) is 18.9 Å². The fourth-order valence-corrected chi connectivity index (χ4v) is 11.4. The van der Waals surface area contributed by atoms with E-state index in [9.17, 15) is 11.8 Å². The summed E-state index contributed by atoms with van der Waals surface area (Å²) in [7, 11) is 0. The summed E-state index contributed by atoms with van der Waals surface area (Å²) in [4.78, 5) is 14.9. The number of nitriles is 1. The molecule has 7 aromatic carbocycles. The molecular weight excluding hydrogens is 962 g/mol. The number of rotatable bonds is 16. The number of hydrogen-bond acceptors (Lipinski definition) is 6. The van der Waals surface area contributed by atoms with Crippen molar-refractivity contribution in [3.8, 4) is 40.1 Å². The summed E-state index contributed by atoms with van der Waals surface area (Å²) in [5, 5.41) is 15.7. The van der Waals surface area contributed by atoms with E-state index in [1.807, 2.05) is 84.9 Å². The molecule has 4 aromatic heterocycles. The summed E-state index contributed by atoms with van der Waals surface area (Å²) >= 11 is 1.50. The molecule has 0 saturated carbocycles. The van der Waals surface area contributed by atoms with Gasteiger partial charge in [-0.25, -0.2) is 9.83 Å². The molecule has 0 atom stereocenters. The van der Waals surface area contributed by atoms with Crippen molar-refractivity contribution in [2.75, 3.05) is 13.2 Å². The second-order valence-electron chi connectivity index (χ2n) is 19.9. The van der Waals surface area contributed by atoms with E-state index in [2.05, 4.69) is 175 Å². The zero-order valence-electron chi connectivity index (χ0n) is 43.4. The van der Waals surface area contributed by atoms with E-state index >= 15 is 0 Å². The highest BCUT2D eigenvalue weighted by Gasteiger charge is 2.37. The van der Waals surface area contributed by atoms with Crippen LogP contribution in [0.3, 0.4) is 0 Å². The van der Waals surface area contributed by atoms with Gasteiger partial charge in [0.2, 0.25) is 5.70 Å². The van der Waals surface area contributed by atoms with Gasteiger partial charge < -0.3 is 18.4 Å². The van der Waals surface area contributed by atoms with E-state index in [0.717, 1.165) is 65.4 Å². The van der Waals surface area contributed by atoms with Crippen molar-refractivity contribution in [1.29, 1.82) is 5.26 Å². The summed E-state index contributed by atoms with van der Waals surface area (Å²) in [5.74, 6) is 1.95. The number of aromatic nitrogens is 4. The zero-order valence-corrected chi connectivity index (χ0v) is 44.2. The third-order valence-electron chi connectivity index (χ3n) is 13.6. The highest BCUT2D eigenvalue weighted by molar-refractivity contribution is 7.19. The van der Waals surface area contributed by atoms with Crippen LogP contribution in [0.2, 0.25) is 0 Å². The van der Waals surface area contributed by atoms with Crippen LogP contribution in [0.15, 0.2) is 219 Å². The van der Waals surface area contributed by atoms with Crippen molar-refractivity contribution in [2.24, 2.45) is 11.8 Å². The number of thiazole rings is 1. The summed E-state index contributed by atoms with van der Waals surface area (Å²) in [5.41, 5.74) is 9.28. The molecule has 77 heavy (non-hydrogen) atoms. The van der Waals surface area contributed by atoms with Crippen LogP contribution in [0.4, 0.5) is 0 Å². The number of ether oxygens (including phenoxy) is 2. The number of hydrogen-bond donors (Lipinski definition) is 0. The summed E-state index contributed by atoms with van der Waals surface area (Å²) < 4.78 is 18.9. The van der Waals surface area contributed by atoms with Crippen LogP contribution in [0, 0.1) is 29.7 Å². The molecule has 0 aliphatic heterocycles. The fraction of sp³-hybridized carbons (Fsp3) is 0.121. The normalized spacial score (nSPS) is 12.1. The van der Waals surface area contributed by atoms with Crippen molar-refractivity contribution >= 4 is 79.1 Å². The molecule has 0 spiro atoms. The fourth-order valence-electron chi connectivity index (χ4n) is 10.4. The molecule has 0 amide bonds. The van der Waals surface area contributed by atoms with Gasteiger partial charge in [-0.3, -0.25) is 4.98 Å². The maximum atomic E-state index is 12.3. The Morgan fingerprint density at radius 2 is 1.03 bits per heavy atom. The van der Waals surface area contributed by atoms with Crippen LogP contribution in [0.1, 0.15) is 38.4 Å². The Morgan fingerprint density at radius 3 is 1.47 bits per heavy atom. The van der Waals surface area contributed by atoms with Gasteiger partial charge in [-0.05, 0) is 60.4 Å². The van der Waals surface area contributed by atoms with Crippen LogP contribution in [-0.2, 0) is 0 Å². The Bertz CT molecular complexity index is 3930. The first-order chi connectivity index (χ1) is 37.8. The van der Waals surface area contributed by atoms with Gasteiger partial charge in [0.1, 0.15) is 28.1 Å². The molecular formula is C66H54B2N6O2S. The SMILES string of the molecule is [C-]#[N+]/C(c1ccccn1)=c1\c2c(-c3cccc(OCC(C)C)c3)n(B(c3ccccc3)c3ccccc3)/c(=C(/C#N)c3nc4ccccc4s3)c2c(-c2cccc(OCC(C)C)c2)n1B(c1ccccc1)c1ccccc1.